The summed E-state index contributed by atoms with van der Waals surface area (Å²) in [6.07, 6.45) is 6.72. The molecule has 0 fully saturated rings. The van der Waals surface area contributed by atoms with E-state index in [2.05, 4.69) is 28.1 Å². The van der Waals surface area contributed by atoms with E-state index in [0.717, 1.165) is 47.5 Å². The van der Waals surface area contributed by atoms with Crippen LogP contribution in [0.15, 0.2) is 54.9 Å². The maximum atomic E-state index is 10.2. The Morgan fingerprint density at radius 2 is 1.65 bits per heavy atom. The van der Waals surface area contributed by atoms with Crippen molar-refractivity contribution in [3.05, 3.63) is 66.0 Å². The number of aromatic nitrogens is 1. The Morgan fingerprint density at radius 3 is 2.50 bits per heavy atom. The molecule has 0 aliphatic carbocycles. The highest BCUT2D eigenvalue weighted by Crippen LogP contribution is 2.40. The molecule has 3 aromatic rings. The van der Waals surface area contributed by atoms with E-state index in [0.29, 0.717) is 0 Å². The van der Waals surface area contributed by atoms with Gasteiger partial charge < -0.3 is 10.0 Å². The lowest BCUT2D eigenvalue weighted by Gasteiger charge is -2.28. The molecule has 0 bridgehead atoms. The molecule has 2 aliphatic rings. The minimum atomic E-state index is 0.277. The lowest BCUT2D eigenvalue weighted by molar-refractivity contribution is 0.477. The number of thiocarbonyl (C=S) groups is 1. The van der Waals surface area contributed by atoms with Crippen LogP contribution in [0.4, 0.5) is 5.69 Å². The number of pyridine rings is 1. The van der Waals surface area contributed by atoms with Crippen molar-refractivity contribution >= 4 is 22.9 Å². The Morgan fingerprint density at radius 1 is 0.885 bits per heavy atom. The summed E-state index contributed by atoms with van der Waals surface area (Å²) < 4.78 is 0. The second-order valence-corrected chi connectivity index (χ2v) is 7.39. The van der Waals surface area contributed by atoms with Crippen molar-refractivity contribution in [3.8, 4) is 28.0 Å². The van der Waals surface area contributed by atoms with Crippen LogP contribution >= 0.6 is 12.2 Å². The quantitative estimate of drug-likeness (QED) is 0.670. The Hall–Kier alpha value is -2.72. The van der Waals surface area contributed by atoms with Gasteiger partial charge in [-0.15, -0.1) is 0 Å². The number of benzene rings is 2. The van der Waals surface area contributed by atoms with Crippen LogP contribution in [0.1, 0.15) is 17.5 Å². The van der Waals surface area contributed by atoms with E-state index in [1.165, 1.54) is 22.4 Å². The van der Waals surface area contributed by atoms with Gasteiger partial charge in [-0.3, -0.25) is 4.98 Å². The summed E-state index contributed by atoms with van der Waals surface area (Å²) in [4.78, 5) is 7.81. The van der Waals surface area contributed by atoms with Crippen LogP contribution in [0.25, 0.3) is 22.3 Å². The summed E-state index contributed by atoms with van der Waals surface area (Å²) in [7, 11) is 0. The Bertz CT molecular complexity index is 1040. The zero-order valence-corrected chi connectivity index (χ0v) is 15.1. The first-order valence-electron chi connectivity index (χ1n) is 8.90. The molecular weight excluding hydrogens is 340 g/mol. The number of para-hydroxylation sites is 1. The number of rotatable bonds is 2. The predicted octanol–water partition coefficient (Wildman–Crippen LogP) is 4.76. The fourth-order valence-corrected chi connectivity index (χ4v) is 4.37. The van der Waals surface area contributed by atoms with Crippen LogP contribution in [-0.2, 0) is 12.8 Å². The first-order chi connectivity index (χ1) is 12.7. The molecule has 3 nitrogen and oxygen atoms in total. The molecule has 0 atom stereocenters. The van der Waals surface area contributed by atoms with Crippen LogP contribution in [0, 0.1) is 0 Å². The molecule has 2 aliphatic heterocycles. The smallest absolute Gasteiger partial charge is 0.123 e. The zero-order chi connectivity index (χ0) is 17.7. The molecule has 0 amide bonds. The van der Waals surface area contributed by atoms with Crippen LogP contribution in [0.3, 0.4) is 0 Å². The van der Waals surface area contributed by atoms with Gasteiger partial charge in [0, 0.05) is 47.7 Å². The number of phenols is 1. The Balaban J connectivity index is 1.61. The fraction of sp³-hybridized carbons (Fsp3) is 0.182. The first-order valence-corrected chi connectivity index (χ1v) is 9.31. The van der Waals surface area contributed by atoms with E-state index >= 15 is 0 Å². The van der Waals surface area contributed by atoms with Crippen LogP contribution in [0.2, 0.25) is 0 Å². The third kappa shape index (κ3) is 2.41. The lowest BCUT2D eigenvalue weighted by atomic mass is 9.93. The molecule has 128 valence electrons. The van der Waals surface area contributed by atoms with E-state index < -0.39 is 0 Å². The minimum Gasteiger partial charge on any atom is -0.507 e. The summed E-state index contributed by atoms with van der Waals surface area (Å²) >= 11 is 5.54. The van der Waals surface area contributed by atoms with Gasteiger partial charge in [0.05, 0.1) is 4.99 Å². The molecule has 0 unspecified atom stereocenters. The Kier molecular flexibility index (Phi) is 3.54. The lowest BCUT2D eigenvalue weighted by Crippen LogP contribution is -2.31. The second kappa shape index (κ2) is 5.92. The van der Waals surface area contributed by atoms with Crippen molar-refractivity contribution < 1.29 is 5.11 Å². The van der Waals surface area contributed by atoms with E-state index in [1.54, 1.807) is 12.3 Å². The molecule has 0 radical (unpaired) electrons. The number of anilines is 1. The fourth-order valence-electron chi connectivity index (χ4n) is 4.09. The highest BCUT2D eigenvalue weighted by Gasteiger charge is 2.29. The van der Waals surface area contributed by atoms with Crippen molar-refractivity contribution in [1.29, 1.82) is 0 Å². The largest absolute Gasteiger partial charge is 0.507 e. The average molecular weight is 358 g/mol. The topological polar surface area (TPSA) is 36.4 Å². The van der Waals surface area contributed by atoms with Crippen LogP contribution in [0.5, 0.6) is 5.75 Å². The molecule has 3 heterocycles. The third-order valence-electron chi connectivity index (χ3n) is 5.34. The molecule has 0 saturated carbocycles. The SMILES string of the molecule is Oc1ccccc1-c1cncc(-c2cc3c4c(c2)CCN4C(=S)CC3)c1. The second-order valence-electron chi connectivity index (χ2n) is 6.92. The summed E-state index contributed by atoms with van der Waals surface area (Å²) in [5.74, 6) is 0.277. The molecule has 0 spiro atoms. The maximum absolute atomic E-state index is 10.2. The third-order valence-corrected chi connectivity index (χ3v) is 5.76. The molecule has 4 heteroatoms. The van der Waals surface area contributed by atoms with Gasteiger partial charge in [0.15, 0.2) is 0 Å². The maximum Gasteiger partial charge on any atom is 0.123 e. The van der Waals surface area contributed by atoms with Gasteiger partial charge in [-0.25, -0.2) is 0 Å². The van der Waals surface area contributed by atoms with Crippen molar-refractivity contribution in [1.82, 2.24) is 4.98 Å². The van der Waals surface area contributed by atoms with Crippen LogP contribution < -0.4 is 4.90 Å². The average Bonchev–Trinajstić information content (AvgIpc) is 3.11. The van der Waals surface area contributed by atoms with Crippen molar-refractivity contribution in [3.63, 3.8) is 0 Å². The summed E-state index contributed by atoms with van der Waals surface area (Å²) in [6.45, 7) is 1.00. The van der Waals surface area contributed by atoms with Gasteiger partial charge in [0.1, 0.15) is 5.75 Å². The predicted molar refractivity (Wildman–Crippen MR) is 109 cm³/mol. The summed E-state index contributed by atoms with van der Waals surface area (Å²) in [5, 5.41) is 10.2. The minimum absolute atomic E-state index is 0.277. The van der Waals surface area contributed by atoms with Crippen molar-refractivity contribution in [2.75, 3.05) is 11.4 Å². The van der Waals surface area contributed by atoms with Gasteiger partial charge in [-0.1, -0.05) is 30.4 Å². The molecular formula is C22H18N2OS. The summed E-state index contributed by atoms with van der Waals surface area (Å²) in [6, 6.07) is 14.1. The molecule has 1 N–H and O–H groups in total. The van der Waals surface area contributed by atoms with Crippen LogP contribution in [-0.4, -0.2) is 21.6 Å². The normalized spacial score (nSPS) is 15.2. The van der Waals surface area contributed by atoms with Gasteiger partial charge in [0.2, 0.25) is 0 Å². The highest BCUT2D eigenvalue weighted by atomic mass is 32.1. The number of nitrogens with zero attached hydrogens (tertiary/aromatic N) is 2. The monoisotopic (exact) mass is 358 g/mol. The molecule has 26 heavy (non-hydrogen) atoms. The van der Waals surface area contributed by atoms with Crippen molar-refractivity contribution in [2.24, 2.45) is 0 Å². The molecule has 1 aromatic heterocycles. The number of hydrogen-bond donors (Lipinski definition) is 1. The molecule has 0 saturated heterocycles. The Labute approximate surface area is 157 Å². The number of hydrogen-bond acceptors (Lipinski definition) is 3. The highest BCUT2D eigenvalue weighted by molar-refractivity contribution is 7.80. The van der Waals surface area contributed by atoms with E-state index in [1.807, 2.05) is 24.4 Å². The molecule has 2 aromatic carbocycles. The van der Waals surface area contributed by atoms with Gasteiger partial charge in [-0.2, -0.15) is 0 Å². The zero-order valence-electron chi connectivity index (χ0n) is 14.3. The van der Waals surface area contributed by atoms with Gasteiger partial charge in [0.25, 0.3) is 0 Å². The van der Waals surface area contributed by atoms with E-state index in [4.69, 9.17) is 12.2 Å². The molecule has 5 rings (SSSR count). The summed E-state index contributed by atoms with van der Waals surface area (Å²) in [5.41, 5.74) is 8.12. The van der Waals surface area contributed by atoms with E-state index in [9.17, 15) is 5.11 Å². The number of aromatic hydroxyl groups is 1. The van der Waals surface area contributed by atoms with Gasteiger partial charge in [-0.05, 0) is 53.8 Å². The van der Waals surface area contributed by atoms with Crippen molar-refractivity contribution in [2.45, 2.75) is 19.3 Å². The standard InChI is InChI=1S/C22H18N2OS/c25-20-4-2-1-3-19(20)18-11-17(12-23-13-18)16-9-14-5-6-21(26)24-8-7-15(10-16)22(14)24/h1-4,9-13,25H,5-8H2. The first kappa shape index (κ1) is 15.5. The number of aryl methyl sites for hydroxylation is 1. The van der Waals surface area contributed by atoms with Gasteiger partial charge >= 0.3 is 0 Å². The van der Waals surface area contributed by atoms with E-state index in [-0.39, 0.29) is 5.75 Å². The number of phenolic OH excluding ortho intramolecular Hbond substituents is 1.